The fraction of sp³-hybridized carbons (Fsp3) is 0.385. The second-order valence-electron chi connectivity index (χ2n) is 4.95. The van der Waals surface area contributed by atoms with E-state index in [2.05, 4.69) is 47.7 Å². The summed E-state index contributed by atoms with van der Waals surface area (Å²) in [6, 6.07) is 10.3. The molecule has 16 heavy (non-hydrogen) atoms. The monoisotopic (exact) mass is 215 g/mol. The summed E-state index contributed by atoms with van der Waals surface area (Å²) in [6.07, 6.45) is 2.64. The van der Waals surface area contributed by atoms with Gasteiger partial charge in [0, 0.05) is 12.0 Å². The van der Waals surface area contributed by atoms with E-state index in [1.807, 2.05) is 18.2 Å². The van der Waals surface area contributed by atoms with Crippen LogP contribution >= 0.6 is 0 Å². The molecule has 0 radical (unpaired) electrons. The van der Waals surface area contributed by atoms with E-state index in [9.17, 15) is 0 Å². The first-order valence-corrected chi connectivity index (χ1v) is 5.51. The van der Waals surface area contributed by atoms with Gasteiger partial charge < -0.3 is 4.57 Å². The van der Waals surface area contributed by atoms with Gasteiger partial charge in [-0.05, 0) is 26.3 Å². The van der Waals surface area contributed by atoms with E-state index in [0.717, 1.165) is 12.2 Å². The molecular formula is C13H17N3. The molecule has 0 atom stereocenters. The lowest BCUT2D eigenvalue weighted by Gasteiger charge is -2.22. The summed E-state index contributed by atoms with van der Waals surface area (Å²) in [7, 11) is 0. The number of hydrogen-bond donors (Lipinski definition) is 0. The van der Waals surface area contributed by atoms with Gasteiger partial charge in [-0.15, -0.1) is 10.2 Å². The first-order valence-electron chi connectivity index (χ1n) is 5.51. The number of hydrogen-bond acceptors (Lipinski definition) is 2. The highest BCUT2D eigenvalue weighted by Crippen LogP contribution is 2.17. The van der Waals surface area contributed by atoms with Crippen LogP contribution in [0.5, 0.6) is 0 Å². The summed E-state index contributed by atoms with van der Waals surface area (Å²) in [5.74, 6) is 1.01. The Morgan fingerprint density at radius 1 is 1.12 bits per heavy atom. The molecule has 84 valence electrons. The average molecular weight is 215 g/mol. The summed E-state index contributed by atoms with van der Waals surface area (Å²) in [6.45, 7) is 6.47. The average Bonchev–Trinajstić information content (AvgIpc) is 2.67. The van der Waals surface area contributed by atoms with Gasteiger partial charge in [0.05, 0.1) is 0 Å². The summed E-state index contributed by atoms with van der Waals surface area (Å²) < 4.78 is 2.12. The number of rotatable bonds is 2. The van der Waals surface area contributed by atoms with Crippen LogP contribution in [-0.4, -0.2) is 14.8 Å². The second kappa shape index (κ2) is 4.08. The van der Waals surface area contributed by atoms with Crippen molar-refractivity contribution in [3.05, 3.63) is 48.0 Å². The van der Waals surface area contributed by atoms with Crippen molar-refractivity contribution in [1.29, 1.82) is 0 Å². The zero-order chi connectivity index (χ0) is 11.6. The van der Waals surface area contributed by atoms with Crippen molar-refractivity contribution in [2.75, 3.05) is 0 Å². The Hall–Kier alpha value is -1.64. The third-order valence-electron chi connectivity index (χ3n) is 2.55. The topological polar surface area (TPSA) is 30.7 Å². The maximum Gasteiger partial charge on any atom is 0.137 e. The van der Waals surface area contributed by atoms with Gasteiger partial charge in [0.15, 0.2) is 0 Å². The molecule has 0 saturated carbocycles. The molecule has 2 rings (SSSR count). The molecule has 0 fully saturated rings. The number of aromatic nitrogens is 3. The van der Waals surface area contributed by atoms with E-state index < -0.39 is 0 Å². The van der Waals surface area contributed by atoms with Crippen LogP contribution in [0.3, 0.4) is 0 Å². The molecule has 0 unspecified atom stereocenters. The van der Waals surface area contributed by atoms with Crippen molar-refractivity contribution in [1.82, 2.24) is 14.8 Å². The number of nitrogens with zero attached hydrogens (tertiary/aromatic N) is 3. The maximum atomic E-state index is 4.19. The molecule has 0 bridgehead atoms. The molecule has 3 heteroatoms. The Bertz CT molecular complexity index is 452. The van der Waals surface area contributed by atoms with E-state index in [1.165, 1.54) is 5.56 Å². The van der Waals surface area contributed by atoms with E-state index in [-0.39, 0.29) is 5.54 Å². The predicted octanol–water partition coefficient (Wildman–Crippen LogP) is 2.62. The molecule has 0 aliphatic heterocycles. The van der Waals surface area contributed by atoms with E-state index in [0.29, 0.717) is 0 Å². The largest absolute Gasteiger partial charge is 0.312 e. The number of benzene rings is 1. The summed E-state index contributed by atoms with van der Waals surface area (Å²) in [5, 5.41) is 8.19. The highest BCUT2D eigenvalue weighted by molar-refractivity contribution is 5.19. The second-order valence-corrected chi connectivity index (χ2v) is 4.95. The Kier molecular flexibility index (Phi) is 2.77. The lowest BCUT2D eigenvalue weighted by atomic mass is 10.1. The van der Waals surface area contributed by atoms with E-state index in [1.54, 1.807) is 6.33 Å². The van der Waals surface area contributed by atoms with Gasteiger partial charge in [-0.3, -0.25) is 0 Å². The van der Waals surface area contributed by atoms with Crippen molar-refractivity contribution < 1.29 is 0 Å². The quantitative estimate of drug-likeness (QED) is 0.771. The van der Waals surface area contributed by atoms with Crippen LogP contribution in [0.1, 0.15) is 32.2 Å². The summed E-state index contributed by atoms with van der Waals surface area (Å²) in [4.78, 5) is 0. The van der Waals surface area contributed by atoms with Gasteiger partial charge in [0.2, 0.25) is 0 Å². The third kappa shape index (κ3) is 2.30. The van der Waals surface area contributed by atoms with Crippen molar-refractivity contribution >= 4 is 0 Å². The Morgan fingerprint density at radius 2 is 1.81 bits per heavy atom. The van der Waals surface area contributed by atoms with Crippen LogP contribution in [-0.2, 0) is 12.0 Å². The molecular weight excluding hydrogens is 198 g/mol. The van der Waals surface area contributed by atoms with Crippen molar-refractivity contribution in [3.63, 3.8) is 0 Å². The predicted molar refractivity (Wildman–Crippen MR) is 64.3 cm³/mol. The zero-order valence-corrected chi connectivity index (χ0v) is 10.0. The van der Waals surface area contributed by atoms with Gasteiger partial charge in [0.25, 0.3) is 0 Å². The normalized spacial score (nSPS) is 11.7. The van der Waals surface area contributed by atoms with Gasteiger partial charge >= 0.3 is 0 Å². The Labute approximate surface area is 96.1 Å². The molecule has 1 aromatic carbocycles. The van der Waals surface area contributed by atoms with E-state index in [4.69, 9.17) is 0 Å². The standard InChI is InChI=1S/C13H17N3/c1-13(2,3)16-10-14-15-12(16)9-11-7-5-4-6-8-11/h4-8,10H,9H2,1-3H3. The fourth-order valence-electron chi connectivity index (χ4n) is 1.72. The van der Waals surface area contributed by atoms with Gasteiger partial charge in [-0.2, -0.15) is 0 Å². The first kappa shape index (κ1) is 10.9. The van der Waals surface area contributed by atoms with Gasteiger partial charge in [-0.1, -0.05) is 30.3 Å². The summed E-state index contributed by atoms with van der Waals surface area (Å²) in [5.41, 5.74) is 1.30. The van der Waals surface area contributed by atoms with Crippen molar-refractivity contribution in [2.24, 2.45) is 0 Å². The first-order chi connectivity index (χ1) is 7.57. The fourth-order valence-corrected chi connectivity index (χ4v) is 1.72. The van der Waals surface area contributed by atoms with Gasteiger partial charge in [0.1, 0.15) is 12.2 Å². The molecule has 1 aromatic heterocycles. The molecule has 0 N–H and O–H groups in total. The van der Waals surface area contributed by atoms with Gasteiger partial charge in [-0.25, -0.2) is 0 Å². The molecule has 1 heterocycles. The van der Waals surface area contributed by atoms with E-state index >= 15 is 0 Å². The Balaban J connectivity index is 2.26. The maximum absolute atomic E-state index is 4.19. The minimum Gasteiger partial charge on any atom is -0.312 e. The van der Waals surface area contributed by atoms with Crippen LogP contribution in [0.15, 0.2) is 36.7 Å². The molecule has 0 aliphatic carbocycles. The summed E-state index contributed by atoms with van der Waals surface area (Å²) >= 11 is 0. The van der Waals surface area contributed by atoms with Crippen molar-refractivity contribution in [2.45, 2.75) is 32.7 Å². The van der Waals surface area contributed by atoms with Crippen LogP contribution in [0.4, 0.5) is 0 Å². The minimum absolute atomic E-state index is 0.0353. The molecule has 3 nitrogen and oxygen atoms in total. The van der Waals surface area contributed by atoms with Crippen LogP contribution in [0.2, 0.25) is 0 Å². The SMILES string of the molecule is CC(C)(C)n1cnnc1Cc1ccccc1. The highest BCUT2D eigenvalue weighted by Gasteiger charge is 2.17. The molecule has 2 aromatic rings. The molecule has 0 spiro atoms. The van der Waals surface area contributed by atoms with Crippen molar-refractivity contribution in [3.8, 4) is 0 Å². The van der Waals surface area contributed by atoms with Crippen LogP contribution in [0, 0.1) is 0 Å². The minimum atomic E-state index is 0.0353. The highest BCUT2D eigenvalue weighted by atomic mass is 15.3. The zero-order valence-electron chi connectivity index (χ0n) is 10.0. The van der Waals surface area contributed by atoms with Crippen LogP contribution in [0.25, 0.3) is 0 Å². The van der Waals surface area contributed by atoms with Crippen LogP contribution < -0.4 is 0 Å². The Morgan fingerprint density at radius 3 is 2.44 bits per heavy atom. The molecule has 0 amide bonds. The molecule has 0 saturated heterocycles. The molecule has 0 aliphatic rings. The third-order valence-corrected chi connectivity index (χ3v) is 2.55. The lowest BCUT2D eigenvalue weighted by molar-refractivity contribution is 0.384. The lowest BCUT2D eigenvalue weighted by Crippen LogP contribution is -2.23. The smallest absolute Gasteiger partial charge is 0.137 e.